The van der Waals surface area contributed by atoms with Crippen LogP contribution in [0.2, 0.25) is 5.02 Å². The fourth-order valence-electron chi connectivity index (χ4n) is 2.85. The minimum Gasteiger partial charge on any atom is -0.391 e. The predicted molar refractivity (Wildman–Crippen MR) is 90.8 cm³/mol. The molecule has 1 saturated carbocycles. The number of hydrogen-bond acceptors (Lipinski definition) is 2. The maximum Gasteiger partial charge on any atom is 0.252 e. The van der Waals surface area contributed by atoms with Gasteiger partial charge in [0.15, 0.2) is 0 Å². The van der Waals surface area contributed by atoms with Crippen LogP contribution in [0.3, 0.4) is 0 Å². The standard InChI is InChI=1S/C16H21ClN2OS/c1-10-5-7-16(8-6-10,15(18)21)19-14(20)13-4-3-12(17)9-11(13)2/h3-4,9-10H,5-8H2,1-2H3,(H2,18,21)(H,19,20). The first kappa shape index (κ1) is 16.2. The Morgan fingerprint density at radius 3 is 2.57 bits per heavy atom. The number of amides is 1. The van der Waals surface area contributed by atoms with Gasteiger partial charge < -0.3 is 11.1 Å². The van der Waals surface area contributed by atoms with Crippen LogP contribution in [0.15, 0.2) is 18.2 Å². The maximum absolute atomic E-state index is 12.6. The second-order valence-electron chi connectivity index (χ2n) is 6.04. The molecule has 1 amide bonds. The van der Waals surface area contributed by atoms with E-state index in [2.05, 4.69) is 12.2 Å². The number of carbonyl (C=O) groups is 1. The molecule has 21 heavy (non-hydrogen) atoms. The van der Waals surface area contributed by atoms with E-state index >= 15 is 0 Å². The summed E-state index contributed by atoms with van der Waals surface area (Å²) in [6.45, 7) is 4.09. The van der Waals surface area contributed by atoms with Crippen LogP contribution in [0.1, 0.15) is 48.5 Å². The van der Waals surface area contributed by atoms with Crippen LogP contribution >= 0.6 is 23.8 Å². The number of rotatable bonds is 3. The molecule has 114 valence electrons. The lowest BCUT2D eigenvalue weighted by Gasteiger charge is -2.39. The topological polar surface area (TPSA) is 55.1 Å². The van der Waals surface area contributed by atoms with Crippen LogP contribution in [0, 0.1) is 12.8 Å². The molecule has 1 aromatic rings. The van der Waals surface area contributed by atoms with Crippen molar-refractivity contribution >= 4 is 34.7 Å². The summed E-state index contributed by atoms with van der Waals surface area (Å²) in [7, 11) is 0. The first-order valence-electron chi connectivity index (χ1n) is 7.22. The molecule has 1 aliphatic carbocycles. The Kier molecular flexibility index (Phi) is 4.89. The van der Waals surface area contributed by atoms with Gasteiger partial charge in [-0.1, -0.05) is 30.7 Å². The third kappa shape index (κ3) is 3.55. The molecule has 1 fully saturated rings. The van der Waals surface area contributed by atoms with Crippen LogP contribution in [0.25, 0.3) is 0 Å². The molecule has 0 aliphatic heterocycles. The second-order valence-corrected chi connectivity index (χ2v) is 6.92. The molecule has 2 rings (SSSR count). The second kappa shape index (κ2) is 6.32. The molecule has 0 unspecified atom stereocenters. The summed E-state index contributed by atoms with van der Waals surface area (Å²) in [6, 6.07) is 5.25. The molecule has 0 aromatic heterocycles. The summed E-state index contributed by atoms with van der Waals surface area (Å²) in [5.74, 6) is 0.521. The average molecular weight is 325 g/mol. The molecule has 0 atom stereocenters. The molecule has 0 radical (unpaired) electrons. The molecular formula is C16H21ClN2OS. The third-order valence-electron chi connectivity index (χ3n) is 4.39. The van der Waals surface area contributed by atoms with E-state index in [1.54, 1.807) is 18.2 Å². The Labute approximate surface area is 136 Å². The van der Waals surface area contributed by atoms with Crippen molar-refractivity contribution in [2.45, 2.75) is 45.1 Å². The average Bonchev–Trinajstić information content (AvgIpc) is 2.41. The van der Waals surface area contributed by atoms with Gasteiger partial charge in [-0.25, -0.2) is 0 Å². The van der Waals surface area contributed by atoms with Crippen LogP contribution in [-0.4, -0.2) is 16.4 Å². The number of hydrogen-bond donors (Lipinski definition) is 2. The molecule has 0 heterocycles. The minimum atomic E-state index is -0.551. The van der Waals surface area contributed by atoms with E-state index in [9.17, 15) is 4.79 Å². The molecule has 3 nitrogen and oxygen atoms in total. The highest BCUT2D eigenvalue weighted by Gasteiger charge is 2.38. The summed E-state index contributed by atoms with van der Waals surface area (Å²) >= 11 is 11.2. The van der Waals surface area contributed by atoms with Crippen LogP contribution in [-0.2, 0) is 0 Å². The van der Waals surface area contributed by atoms with Gasteiger partial charge >= 0.3 is 0 Å². The molecule has 0 saturated heterocycles. The molecule has 1 aromatic carbocycles. The Hall–Kier alpha value is -1.13. The zero-order valence-corrected chi connectivity index (χ0v) is 14.0. The minimum absolute atomic E-state index is 0.133. The van der Waals surface area contributed by atoms with Gasteiger partial charge in [-0.05, 0) is 62.3 Å². The highest BCUT2D eigenvalue weighted by molar-refractivity contribution is 7.80. The number of benzene rings is 1. The number of nitrogens with two attached hydrogens (primary N) is 1. The first-order chi connectivity index (χ1) is 9.84. The molecule has 5 heteroatoms. The van der Waals surface area contributed by atoms with Crippen molar-refractivity contribution < 1.29 is 4.79 Å². The lowest BCUT2D eigenvalue weighted by Crippen LogP contribution is -2.58. The predicted octanol–water partition coefficient (Wildman–Crippen LogP) is 3.61. The van der Waals surface area contributed by atoms with E-state index in [0.29, 0.717) is 21.5 Å². The van der Waals surface area contributed by atoms with Gasteiger partial charge in [0, 0.05) is 10.6 Å². The summed E-state index contributed by atoms with van der Waals surface area (Å²) in [4.78, 5) is 13.0. The van der Waals surface area contributed by atoms with Gasteiger partial charge in [0.25, 0.3) is 5.91 Å². The smallest absolute Gasteiger partial charge is 0.252 e. The molecular weight excluding hydrogens is 304 g/mol. The van der Waals surface area contributed by atoms with E-state index in [1.807, 2.05) is 6.92 Å². The van der Waals surface area contributed by atoms with Gasteiger partial charge in [0.05, 0.1) is 10.5 Å². The van der Waals surface area contributed by atoms with Gasteiger partial charge in [-0.3, -0.25) is 4.79 Å². The maximum atomic E-state index is 12.6. The summed E-state index contributed by atoms with van der Waals surface area (Å²) in [5, 5.41) is 3.71. The number of aryl methyl sites for hydroxylation is 1. The Bertz CT molecular complexity index is 565. The van der Waals surface area contributed by atoms with Gasteiger partial charge in [-0.2, -0.15) is 0 Å². The quantitative estimate of drug-likeness (QED) is 0.835. The number of thiocarbonyl (C=S) groups is 1. The van der Waals surface area contributed by atoms with E-state index in [-0.39, 0.29) is 5.91 Å². The van der Waals surface area contributed by atoms with Gasteiger partial charge in [-0.15, -0.1) is 0 Å². The van der Waals surface area contributed by atoms with E-state index in [1.165, 1.54) is 0 Å². The zero-order chi connectivity index (χ0) is 15.6. The van der Waals surface area contributed by atoms with Crippen molar-refractivity contribution in [3.63, 3.8) is 0 Å². The lowest BCUT2D eigenvalue weighted by atomic mass is 9.77. The molecule has 1 aliphatic rings. The SMILES string of the molecule is Cc1cc(Cl)ccc1C(=O)NC1(C(N)=S)CCC(C)CC1. The Morgan fingerprint density at radius 2 is 2.05 bits per heavy atom. The van der Waals surface area contributed by atoms with Crippen molar-refractivity contribution in [1.29, 1.82) is 0 Å². The van der Waals surface area contributed by atoms with Crippen molar-refractivity contribution in [2.75, 3.05) is 0 Å². The normalized spacial score (nSPS) is 25.4. The number of carbonyl (C=O) groups excluding carboxylic acids is 1. The Morgan fingerprint density at radius 1 is 1.43 bits per heavy atom. The van der Waals surface area contributed by atoms with E-state index < -0.39 is 5.54 Å². The molecule has 0 bridgehead atoms. The van der Waals surface area contributed by atoms with Crippen LogP contribution in [0.4, 0.5) is 0 Å². The summed E-state index contributed by atoms with van der Waals surface area (Å²) in [5.41, 5.74) is 6.85. The monoisotopic (exact) mass is 324 g/mol. The van der Waals surface area contributed by atoms with Gasteiger partial charge in [0.2, 0.25) is 0 Å². The molecule has 0 spiro atoms. The largest absolute Gasteiger partial charge is 0.391 e. The fraction of sp³-hybridized carbons (Fsp3) is 0.500. The number of halogens is 1. The zero-order valence-electron chi connectivity index (χ0n) is 12.4. The van der Waals surface area contributed by atoms with Gasteiger partial charge in [0.1, 0.15) is 0 Å². The molecule has 3 N–H and O–H groups in total. The van der Waals surface area contributed by atoms with Crippen LogP contribution < -0.4 is 11.1 Å². The summed E-state index contributed by atoms with van der Waals surface area (Å²) < 4.78 is 0. The lowest BCUT2D eigenvalue weighted by molar-refractivity contribution is 0.0900. The van der Waals surface area contributed by atoms with Crippen LogP contribution in [0.5, 0.6) is 0 Å². The highest BCUT2D eigenvalue weighted by Crippen LogP contribution is 2.32. The highest BCUT2D eigenvalue weighted by atomic mass is 35.5. The number of nitrogens with one attached hydrogen (secondary N) is 1. The van der Waals surface area contributed by atoms with E-state index in [0.717, 1.165) is 31.2 Å². The van der Waals surface area contributed by atoms with Crippen molar-refractivity contribution in [2.24, 2.45) is 11.7 Å². The van der Waals surface area contributed by atoms with Crippen molar-refractivity contribution in [1.82, 2.24) is 5.32 Å². The fourth-order valence-corrected chi connectivity index (χ4v) is 3.34. The van der Waals surface area contributed by atoms with Crippen molar-refractivity contribution in [3.05, 3.63) is 34.3 Å². The first-order valence-corrected chi connectivity index (χ1v) is 8.01. The Balaban J connectivity index is 2.21. The van der Waals surface area contributed by atoms with Crippen molar-refractivity contribution in [3.8, 4) is 0 Å². The summed E-state index contributed by atoms with van der Waals surface area (Å²) in [6.07, 6.45) is 3.66. The third-order valence-corrected chi connectivity index (χ3v) is 5.01. The van der Waals surface area contributed by atoms with E-state index in [4.69, 9.17) is 29.6 Å².